The second-order valence-corrected chi connectivity index (χ2v) is 11.1. The van der Waals surface area contributed by atoms with Crippen LogP contribution in [0, 0.1) is 0 Å². The maximum absolute atomic E-state index is 12.4. The van der Waals surface area contributed by atoms with E-state index in [0.717, 1.165) is 16.7 Å². The molecule has 0 spiro atoms. The van der Waals surface area contributed by atoms with Crippen molar-refractivity contribution in [2.45, 2.75) is 68.7 Å². The number of nitrogens with zero attached hydrogens (tertiary/aromatic N) is 1. The zero-order chi connectivity index (χ0) is 30.6. The molecular formula is C31H35N3O8S. The number of amides is 2. The van der Waals surface area contributed by atoms with Gasteiger partial charge in [0.05, 0.1) is 24.4 Å². The van der Waals surface area contributed by atoms with Gasteiger partial charge in [-0.05, 0) is 48.2 Å². The molecule has 0 radical (unpaired) electrons. The summed E-state index contributed by atoms with van der Waals surface area (Å²) >= 11 is 1.32. The van der Waals surface area contributed by atoms with Crippen LogP contribution in [-0.2, 0) is 25.7 Å². The van der Waals surface area contributed by atoms with Crippen LogP contribution in [0.5, 0.6) is 0 Å². The van der Waals surface area contributed by atoms with Crippen LogP contribution in [0.1, 0.15) is 78.0 Å². The molecule has 4 rings (SSSR count). The number of pyridine rings is 1. The lowest BCUT2D eigenvalue weighted by atomic mass is 10.0. The first kappa shape index (κ1) is 32.1. The molecule has 2 heterocycles. The Morgan fingerprint density at radius 3 is 2.28 bits per heavy atom. The fraction of sp³-hybridized carbons (Fsp3) is 0.355. The Morgan fingerprint density at radius 1 is 0.907 bits per heavy atom. The van der Waals surface area contributed by atoms with Crippen molar-refractivity contribution < 1.29 is 39.3 Å². The van der Waals surface area contributed by atoms with Gasteiger partial charge in [-0.1, -0.05) is 42.8 Å². The Bertz CT molecular complexity index is 1370. The summed E-state index contributed by atoms with van der Waals surface area (Å²) in [6.45, 7) is -0.0565. The third-order valence-electron chi connectivity index (χ3n) is 6.92. The van der Waals surface area contributed by atoms with Gasteiger partial charge in [0, 0.05) is 42.5 Å². The number of benzene rings is 2. The van der Waals surface area contributed by atoms with Crippen molar-refractivity contribution in [2.75, 3.05) is 11.1 Å². The summed E-state index contributed by atoms with van der Waals surface area (Å²) in [5, 5.41) is 30.8. The van der Waals surface area contributed by atoms with Crippen molar-refractivity contribution in [1.29, 1.82) is 0 Å². The van der Waals surface area contributed by atoms with E-state index < -0.39 is 18.2 Å². The van der Waals surface area contributed by atoms with Gasteiger partial charge in [-0.2, -0.15) is 0 Å². The highest BCUT2D eigenvalue weighted by Crippen LogP contribution is 2.39. The number of unbranched alkanes of at least 4 members (excludes halogenated alkanes) is 2. The van der Waals surface area contributed by atoms with Gasteiger partial charge in [0.2, 0.25) is 11.8 Å². The summed E-state index contributed by atoms with van der Waals surface area (Å²) in [6, 6.07) is 17.9. The zero-order valence-electron chi connectivity index (χ0n) is 23.5. The van der Waals surface area contributed by atoms with Gasteiger partial charge in [0.25, 0.3) is 0 Å². The van der Waals surface area contributed by atoms with E-state index in [4.69, 9.17) is 14.7 Å². The van der Waals surface area contributed by atoms with Crippen LogP contribution in [0.25, 0.3) is 0 Å². The minimum atomic E-state index is -1.04. The second kappa shape index (κ2) is 16.1. The first-order valence-corrected chi connectivity index (χ1v) is 15.0. The summed E-state index contributed by atoms with van der Waals surface area (Å²) in [4.78, 5) is 39.3. The van der Waals surface area contributed by atoms with Crippen molar-refractivity contribution in [3.8, 4) is 0 Å². The molecule has 1 aliphatic rings. The normalized spacial score (nSPS) is 18.1. The van der Waals surface area contributed by atoms with Gasteiger partial charge >= 0.3 is 5.97 Å². The van der Waals surface area contributed by atoms with Crippen LogP contribution >= 0.6 is 11.8 Å². The van der Waals surface area contributed by atoms with Crippen LogP contribution in [0.4, 0.5) is 5.69 Å². The van der Waals surface area contributed by atoms with Crippen molar-refractivity contribution in [3.63, 3.8) is 0 Å². The standard InChI is InChI=1S/C31H35N3O8S/c35-18-20-8-10-21(11-9-20)26-17-24(19-43-29-25(30(38)39)5-4-16-32-29)41-31(42-26)22-12-14-23(15-13-22)33-27(36)6-2-1-3-7-28(37)34-40/h4-5,8-16,24,26,31,35,40H,1-3,6-7,17-19H2,(H,33,36)(H,34,37)(H,38,39). The lowest BCUT2D eigenvalue weighted by Gasteiger charge is -2.36. The number of aliphatic hydroxyl groups excluding tert-OH is 1. The lowest BCUT2D eigenvalue weighted by Crippen LogP contribution is -2.31. The van der Waals surface area contributed by atoms with Crippen LogP contribution < -0.4 is 10.8 Å². The number of rotatable bonds is 14. The number of carboxylic acid groups (broad SMARTS) is 1. The van der Waals surface area contributed by atoms with E-state index in [-0.39, 0.29) is 36.7 Å². The first-order chi connectivity index (χ1) is 20.9. The minimum Gasteiger partial charge on any atom is -0.478 e. The van der Waals surface area contributed by atoms with Gasteiger partial charge in [0.15, 0.2) is 6.29 Å². The maximum Gasteiger partial charge on any atom is 0.338 e. The summed E-state index contributed by atoms with van der Waals surface area (Å²) < 4.78 is 12.7. The Balaban J connectivity index is 1.40. The molecular weight excluding hydrogens is 574 g/mol. The largest absolute Gasteiger partial charge is 0.478 e. The van der Waals surface area contributed by atoms with Crippen LogP contribution in [-0.4, -0.2) is 50.0 Å². The van der Waals surface area contributed by atoms with E-state index in [1.54, 1.807) is 29.9 Å². The third-order valence-corrected chi connectivity index (χ3v) is 8.06. The molecule has 1 aliphatic heterocycles. The van der Waals surface area contributed by atoms with Crippen LogP contribution in [0.2, 0.25) is 0 Å². The number of aliphatic hydroxyl groups is 1. The monoisotopic (exact) mass is 609 g/mol. The molecule has 228 valence electrons. The van der Waals surface area contributed by atoms with E-state index >= 15 is 0 Å². The molecule has 12 heteroatoms. The molecule has 43 heavy (non-hydrogen) atoms. The third kappa shape index (κ3) is 9.60. The summed E-state index contributed by atoms with van der Waals surface area (Å²) in [7, 11) is 0. The summed E-state index contributed by atoms with van der Waals surface area (Å²) in [5.41, 5.74) is 4.85. The van der Waals surface area contributed by atoms with Crippen LogP contribution in [0.15, 0.2) is 71.9 Å². The van der Waals surface area contributed by atoms with E-state index in [2.05, 4.69) is 10.3 Å². The van der Waals surface area contributed by atoms with E-state index in [1.807, 2.05) is 36.4 Å². The number of nitrogens with one attached hydrogen (secondary N) is 2. The number of hydrogen-bond acceptors (Lipinski definition) is 9. The average molecular weight is 610 g/mol. The van der Waals surface area contributed by atoms with E-state index in [1.165, 1.54) is 17.8 Å². The second-order valence-electron chi connectivity index (χ2n) is 10.1. The SMILES string of the molecule is O=C(CCCCCC(=O)Nc1ccc(C2OC(CSc3ncccc3C(=O)O)CC(c3ccc(CO)cc3)O2)cc1)NO. The lowest BCUT2D eigenvalue weighted by molar-refractivity contribution is -0.245. The smallest absolute Gasteiger partial charge is 0.338 e. The van der Waals surface area contributed by atoms with Crippen LogP contribution in [0.3, 0.4) is 0 Å². The number of ether oxygens (including phenoxy) is 2. The number of carbonyl (C=O) groups is 3. The number of anilines is 1. The number of aromatic nitrogens is 1. The number of hydroxylamine groups is 1. The van der Waals surface area contributed by atoms with Crippen molar-refractivity contribution >= 4 is 35.2 Å². The molecule has 3 aromatic rings. The van der Waals surface area contributed by atoms with Gasteiger partial charge in [-0.3, -0.25) is 14.8 Å². The molecule has 3 unspecified atom stereocenters. The van der Waals surface area contributed by atoms with Gasteiger partial charge < -0.3 is 25.0 Å². The molecule has 0 bridgehead atoms. The Kier molecular flexibility index (Phi) is 12.1. The first-order valence-electron chi connectivity index (χ1n) is 14.0. The molecule has 1 fully saturated rings. The summed E-state index contributed by atoms with van der Waals surface area (Å²) in [6.07, 6.45) is 3.24. The predicted octanol–water partition coefficient (Wildman–Crippen LogP) is 5.00. The Morgan fingerprint density at radius 2 is 1.60 bits per heavy atom. The number of carbonyl (C=O) groups excluding carboxylic acids is 2. The Labute approximate surface area is 253 Å². The molecule has 0 saturated carbocycles. The predicted molar refractivity (Wildman–Crippen MR) is 158 cm³/mol. The van der Waals surface area contributed by atoms with Crippen molar-refractivity contribution in [3.05, 3.63) is 89.1 Å². The highest BCUT2D eigenvalue weighted by Gasteiger charge is 2.32. The summed E-state index contributed by atoms with van der Waals surface area (Å²) in [5.74, 6) is -1.15. The molecule has 3 atom stereocenters. The number of aromatic carboxylic acids is 1. The zero-order valence-corrected chi connectivity index (χ0v) is 24.3. The minimum absolute atomic E-state index is 0.0565. The van der Waals surface area contributed by atoms with Gasteiger partial charge in [-0.25, -0.2) is 15.3 Å². The van der Waals surface area contributed by atoms with E-state index in [0.29, 0.717) is 48.6 Å². The quantitative estimate of drug-likeness (QED) is 0.0726. The fourth-order valence-corrected chi connectivity index (χ4v) is 5.62. The Hall–Kier alpha value is -3.81. The fourth-order valence-electron chi connectivity index (χ4n) is 4.61. The highest BCUT2D eigenvalue weighted by atomic mass is 32.2. The van der Waals surface area contributed by atoms with Gasteiger partial charge in [0.1, 0.15) is 5.03 Å². The average Bonchev–Trinajstić information content (AvgIpc) is 3.03. The number of thioether (sulfide) groups is 1. The van der Waals surface area contributed by atoms with Gasteiger partial charge in [-0.15, -0.1) is 11.8 Å². The molecule has 1 saturated heterocycles. The molecule has 2 amide bonds. The molecule has 5 N–H and O–H groups in total. The molecule has 1 aromatic heterocycles. The maximum atomic E-state index is 12.4. The van der Waals surface area contributed by atoms with Crippen molar-refractivity contribution in [2.24, 2.45) is 0 Å². The molecule has 0 aliphatic carbocycles. The number of hydrogen-bond donors (Lipinski definition) is 5. The van der Waals surface area contributed by atoms with E-state index in [9.17, 15) is 24.6 Å². The number of carboxylic acids is 1. The topological polar surface area (TPSA) is 167 Å². The van der Waals surface area contributed by atoms with Crippen molar-refractivity contribution in [1.82, 2.24) is 10.5 Å². The molecule has 2 aromatic carbocycles. The molecule has 11 nitrogen and oxygen atoms in total. The highest BCUT2D eigenvalue weighted by molar-refractivity contribution is 7.99.